The molecule has 2 heterocycles. The van der Waals surface area contributed by atoms with Crippen molar-refractivity contribution in [2.24, 2.45) is 5.73 Å². The van der Waals surface area contributed by atoms with E-state index < -0.39 is 9.84 Å². The van der Waals surface area contributed by atoms with Crippen LogP contribution in [0.5, 0.6) is 0 Å². The molecule has 0 aliphatic carbocycles. The molecule has 2 N–H and O–H groups in total. The van der Waals surface area contributed by atoms with Gasteiger partial charge in [-0.2, -0.15) is 11.3 Å². The summed E-state index contributed by atoms with van der Waals surface area (Å²) in [5.41, 5.74) is 6.97. The molecule has 1 aromatic rings. The normalized spacial score (nSPS) is 27.4. The Morgan fingerprint density at radius 3 is 2.87 bits per heavy atom. The highest BCUT2D eigenvalue weighted by Crippen LogP contribution is 2.29. The third-order valence-electron chi connectivity index (χ3n) is 2.96. The van der Waals surface area contributed by atoms with Crippen LogP contribution in [0, 0.1) is 0 Å². The summed E-state index contributed by atoms with van der Waals surface area (Å²) >= 11 is 1.56. The largest absolute Gasteiger partial charge is 0.323 e. The fourth-order valence-corrected chi connectivity index (χ4v) is 4.81. The zero-order valence-corrected chi connectivity index (χ0v) is 10.1. The third kappa shape index (κ3) is 2.24. The molecule has 5 heteroatoms. The van der Waals surface area contributed by atoms with Crippen LogP contribution in [0.4, 0.5) is 0 Å². The van der Waals surface area contributed by atoms with E-state index >= 15 is 0 Å². The molecule has 3 nitrogen and oxygen atoms in total. The summed E-state index contributed by atoms with van der Waals surface area (Å²) in [6, 6.07) is 1.57. The van der Waals surface area contributed by atoms with Gasteiger partial charge in [0.15, 0.2) is 9.84 Å². The van der Waals surface area contributed by atoms with Crippen molar-refractivity contribution in [2.45, 2.75) is 30.6 Å². The molecule has 1 aliphatic rings. The summed E-state index contributed by atoms with van der Waals surface area (Å²) in [7, 11) is -2.97. The highest BCUT2D eigenvalue weighted by atomic mass is 32.2. The summed E-state index contributed by atoms with van der Waals surface area (Å²) in [5.74, 6) is 0.301. The second kappa shape index (κ2) is 4.23. The maximum absolute atomic E-state index is 11.8. The van der Waals surface area contributed by atoms with Gasteiger partial charge in [0.2, 0.25) is 0 Å². The van der Waals surface area contributed by atoms with Gasteiger partial charge < -0.3 is 5.73 Å². The van der Waals surface area contributed by atoms with Crippen LogP contribution >= 0.6 is 11.3 Å². The molecular formula is C10H15NO2S2. The van der Waals surface area contributed by atoms with Gasteiger partial charge >= 0.3 is 0 Å². The molecule has 0 radical (unpaired) electrons. The fourth-order valence-electron chi connectivity index (χ4n) is 2.06. The fraction of sp³-hybridized carbons (Fsp3) is 0.600. The van der Waals surface area contributed by atoms with E-state index in [9.17, 15) is 8.42 Å². The lowest BCUT2D eigenvalue weighted by Gasteiger charge is -2.27. The number of sulfone groups is 1. The van der Waals surface area contributed by atoms with E-state index in [1.165, 1.54) is 0 Å². The van der Waals surface area contributed by atoms with Gasteiger partial charge in [-0.25, -0.2) is 8.42 Å². The predicted molar refractivity (Wildman–Crippen MR) is 62.7 cm³/mol. The first-order chi connectivity index (χ1) is 7.11. The molecule has 1 aromatic heterocycles. The van der Waals surface area contributed by atoms with Crippen LogP contribution in [-0.4, -0.2) is 19.4 Å². The molecule has 2 rings (SSSR count). The minimum atomic E-state index is -2.97. The Bertz CT molecular complexity index is 411. The summed E-state index contributed by atoms with van der Waals surface area (Å²) in [5, 5.41) is 3.50. The average Bonchev–Trinajstić information content (AvgIpc) is 2.69. The Balaban J connectivity index is 2.23. The lowest BCUT2D eigenvalue weighted by Crippen LogP contribution is -2.37. The van der Waals surface area contributed by atoms with E-state index in [0.29, 0.717) is 12.2 Å². The van der Waals surface area contributed by atoms with Crippen molar-refractivity contribution in [3.05, 3.63) is 22.4 Å². The molecule has 1 aliphatic heterocycles. The lowest BCUT2D eigenvalue weighted by molar-refractivity contribution is 0.505. The van der Waals surface area contributed by atoms with E-state index in [1.54, 1.807) is 11.3 Å². The highest BCUT2D eigenvalue weighted by molar-refractivity contribution is 7.92. The van der Waals surface area contributed by atoms with Crippen LogP contribution in [-0.2, 0) is 9.84 Å². The van der Waals surface area contributed by atoms with Crippen LogP contribution in [0.15, 0.2) is 16.8 Å². The first-order valence-corrected chi connectivity index (χ1v) is 7.76. The van der Waals surface area contributed by atoms with Crippen molar-refractivity contribution in [1.82, 2.24) is 0 Å². The van der Waals surface area contributed by atoms with Crippen LogP contribution in [0.1, 0.15) is 30.9 Å². The molecule has 0 saturated carbocycles. The van der Waals surface area contributed by atoms with Gasteiger partial charge in [0.05, 0.1) is 11.0 Å². The highest BCUT2D eigenvalue weighted by Gasteiger charge is 2.34. The minimum Gasteiger partial charge on any atom is -0.323 e. The molecular weight excluding hydrogens is 230 g/mol. The van der Waals surface area contributed by atoms with Gasteiger partial charge in [-0.15, -0.1) is 0 Å². The number of thiophene rings is 1. The Morgan fingerprint density at radius 1 is 1.47 bits per heavy atom. The van der Waals surface area contributed by atoms with Crippen molar-refractivity contribution in [3.63, 3.8) is 0 Å². The number of hydrogen-bond acceptors (Lipinski definition) is 4. The van der Waals surface area contributed by atoms with E-state index in [2.05, 4.69) is 0 Å². The molecule has 2 atom stereocenters. The van der Waals surface area contributed by atoms with Gasteiger partial charge in [0.1, 0.15) is 0 Å². The van der Waals surface area contributed by atoms with Crippen LogP contribution in [0.3, 0.4) is 0 Å². The van der Waals surface area contributed by atoms with Crippen molar-refractivity contribution in [3.8, 4) is 0 Å². The second-order valence-electron chi connectivity index (χ2n) is 3.98. The molecule has 15 heavy (non-hydrogen) atoms. The summed E-state index contributed by atoms with van der Waals surface area (Å²) < 4.78 is 23.7. The van der Waals surface area contributed by atoms with Crippen molar-refractivity contribution in [2.75, 3.05) is 5.75 Å². The Labute approximate surface area is 94.2 Å². The Morgan fingerprint density at radius 2 is 2.27 bits per heavy atom. The lowest BCUT2D eigenvalue weighted by atomic mass is 10.0. The zero-order chi connectivity index (χ0) is 10.9. The maximum atomic E-state index is 11.8. The molecule has 0 spiro atoms. The van der Waals surface area contributed by atoms with E-state index in [4.69, 9.17) is 5.73 Å². The Hall–Kier alpha value is -0.390. The van der Waals surface area contributed by atoms with E-state index in [1.807, 2.05) is 16.8 Å². The van der Waals surface area contributed by atoms with Gasteiger partial charge in [0.25, 0.3) is 0 Å². The molecule has 0 amide bonds. The topological polar surface area (TPSA) is 60.2 Å². The predicted octanol–water partition coefficient (Wildman–Crippen LogP) is 1.72. The number of rotatable bonds is 2. The van der Waals surface area contributed by atoms with E-state index in [0.717, 1.165) is 18.4 Å². The van der Waals surface area contributed by atoms with E-state index in [-0.39, 0.29) is 11.3 Å². The molecule has 84 valence electrons. The van der Waals surface area contributed by atoms with Crippen LogP contribution in [0.2, 0.25) is 0 Å². The monoisotopic (exact) mass is 245 g/mol. The number of hydrogen-bond donors (Lipinski definition) is 1. The van der Waals surface area contributed by atoms with Gasteiger partial charge in [-0.05, 0) is 35.2 Å². The van der Waals surface area contributed by atoms with Crippen molar-refractivity contribution in [1.29, 1.82) is 0 Å². The molecule has 0 bridgehead atoms. The SMILES string of the molecule is NC(c1ccsc1)C1CCCCS1(=O)=O. The Kier molecular flexibility index (Phi) is 3.13. The summed E-state index contributed by atoms with van der Waals surface area (Å²) in [4.78, 5) is 0. The van der Waals surface area contributed by atoms with Gasteiger partial charge in [-0.3, -0.25) is 0 Å². The summed E-state index contributed by atoms with van der Waals surface area (Å²) in [6.07, 6.45) is 2.47. The molecule has 1 fully saturated rings. The number of nitrogens with two attached hydrogens (primary N) is 1. The van der Waals surface area contributed by atoms with Crippen LogP contribution < -0.4 is 5.73 Å². The standard InChI is InChI=1S/C10H15NO2S2/c11-10(8-4-5-14-7-8)9-3-1-2-6-15(9,12)13/h4-5,7,9-10H,1-3,6,11H2. The van der Waals surface area contributed by atoms with Crippen molar-refractivity contribution < 1.29 is 8.42 Å². The molecule has 1 saturated heterocycles. The zero-order valence-electron chi connectivity index (χ0n) is 8.43. The molecule has 2 unspecified atom stereocenters. The maximum Gasteiger partial charge on any atom is 0.155 e. The first kappa shape index (κ1) is 11.1. The van der Waals surface area contributed by atoms with Gasteiger partial charge in [-0.1, -0.05) is 6.42 Å². The van der Waals surface area contributed by atoms with Crippen LogP contribution in [0.25, 0.3) is 0 Å². The van der Waals surface area contributed by atoms with Crippen molar-refractivity contribution >= 4 is 21.2 Å². The summed E-state index contributed by atoms with van der Waals surface area (Å²) in [6.45, 7) is 0. The third-order valence-corrected chi connectivity index (χ3v) is 5.97. The minimum absolute atomic E-state index is 0.301. The smallest absolute Gasteiger partial charge is 0.155 e. The quantitative estimate of drug-likeness (QED) is 0.863. The average molecular weight is 245 g/mol. The molecule has 0 aromatic carbocycles. The second-order valence-corrected chi connectivity index (χ2v) is 7.10. The first-order valence-electron chi connectivity index (χ1n) is 5.10. The van der Waals surface area contributed by atoms with Gasteiger partial charge in [0, 0.05) is 6.04 Å².